The molecule has 0 aliphatic heterocycles. The lowest BCUT2D eigenvalue weighted by atomic mass is 10.2. The van der Waals surface area contributed by atoms with Crippen molar-refractivity contribution < 1.29 is 9.59 Å². The third kappa shape index (κ3) is 5.45. The standard InChI is InChI=1S/C17H20N6O2/c24-16(21-13-3-1-7-18-9-13)20-11-15(12-5-6-12)23-17(25)22-14-4-2-8-19-10-14/h1-4,7-10,12,15H,5-6,11H2,(H2,20,21,24)(H2,22,23,25)/t15-/m1/s1. The first-order valence-corrected chi connectivity index (χ1v) is 8.13. The summed E-state index contributed by atoms with van der Waals surface area (Å²) >= 11 is 0. The number of pyridine rings is 2. The van der Waals surface area contributed by atoms with Crippen LogP contribution in [0, 0.1) is 5.92 Å². The van der Waals surface area contributed by atoms with Gasteiger partial charge in [-0.15, -0.1) is 0 Å². The van der Waals surface area contributed by atoms with E-state index in [2.05, 4.69) is 31.2 Å². The van der Waals surface area contributed by atoms with E-state index >= 15 is 0 Å². The van der Waals surface area contributed by atoms with E-state index in [0.717, 1.165) is 12.8 Å². The van der Waals surface area contributed by atoms with Crippen molar-refractivity contribution in [1.82, 2.24) is 20.6 Å². The molecule has 1 atom stereocenters. The molecule has 4 N–H and O–H groups in total. The van der Waals surface area contributed by atoms with Crippen LogP contribution < -0.4 is 21.3 Å². The molecule has 8 heteroatoms. The second-order valence-electron chi connectivity index (χ2n) is 5.86. The third-order valence-electron chi connectivity index (χ3n) is 3.83. The van der Waals surface area contributed by atoms with Gasteiger partial charge in [-0.2, -0.15) is 0 Å². The Morgan fingerprint density at radius 2 is 1.60 bits per heavy atom. The average molecular weight is 340 g/mol. The van der Waals surface area contributed by atoms with Crippen LogP contribution in [0.3, 0.4) is 0 Å². The molecule has 0 aromatic carbocycles. The van der Waals surface area contributed by atoms with Gasteiger partial charge >= 0.3 is 12.1 Å². The zero-order valence-electron chi connectivity index (χ0n) is 13.6. The van der Waals surface area contributed by atoms with Gasteiger partial charge in [0, 0.05) is 18.9 Å². The van der Waals surface area contributed by atoms with Crippen LogP contribution in [-0.2, 0) is 0 Å². The van der Waals surface area contributed by atoms with E-state index in [1.54, 1.807) is 49.1 Å². The quantitative estimate of drug-likeness (QED) is 0.646. The number of aromatic nitrogens is 2. The molecule has 2 aromatic rings. The van der Waals surface area contributed by atoms with Gasteiger partial charge in [-0.1, -0.05) is 0 Å². The van der Waals surface area contributed by atoms with Crippen molar-refractivity contribution in [3.63, 3.8) is 0 Å². The van der Waals surface area contributed by atoms with Crippen LogP contribution in [0.5, 0.6) is 0 Å². The number of urea groups is 2. The maximum absolute atomic E-state index is 12.1. The lowest BCUT2D eigenvalue weighted by molar-refractivity contribution is 0.242. The van der Waals surface area contributed by atoms with Gasteiger partial charge in [0.15, 0.2) is 0 Å². The van der Waals surface area contributed by atoms with Crippen molar-refractivity contribution in [3.05, 3.63) is 49.1 Å². The van der Waals surface area contributed by atoms with Crippen molar-refractivity contribution in [1.29, 1.82) is 0 Å². The molecule has 0 radical (unpaired) electrons. The molecule has 0 spiro atoms. The normalized spacial score (nSPS) is 14.2. The summed E-state index contributed by atoms with van der Waals surface area (Å²) in [6.07, 6.45) is 8.51. The van der Waals surface area contributed by atoms with Gasteiger partial charge in [-0.3, -0.25) is 9.97 Å². The highest BCUT2D eigenvalue weighted by Gasteiger charge is 2.32. The number of amides is 4. The average Bonchev–Trinajstić information content (AvgIpc) is 3.45. The molecular weight excluding hydrogens is 320 g/mol. The highest BCUT2D eigenvalue weighted by Crippen LogP contribution is 2.32. The van der Waals surface area contributed by atoms with E-state index in [4.69, 9.17) is 0 Å². The molecule has 1 fully saturated rings. The van der Waals surface area contributed by atoms with E-state index in [9.17, 15) is 9.59 Å². The summed E-state index contributed by atoms with van der Waals surface area (Å²) in [7, 11) is 0. The Labute approximate surface area is 145 Å². The monoisotopic (exact) mass is 340 g/mol. The highest BCUT2D eigenvalue weighted by molar-refractivity contribution is 5.90. The van der Waals surface area contributed by atoms with Gasteiger partial charge in [-0.25, -0.2) is 9.59 Å². The minimum absolute atomic E-state index is 0.115. The number of hydrogen-bond acceptors (Lipinski definition) is 4. The number of carbonyl (C=O) groups is 2. The van der Waals surface area contributed by atoms with Crippen molar-refractivity contribution in [2.75, 3.05) is 17.2 Å². The number of nitrogens with zero attached hydrogens (tertiary/aromatic N) is 2. The van der Waals surface area contributed by atoms with Crippen molar-refractivity contribution in [2.45, 2.75) is 18.9 Å². The van der Waals surface area contributed by atoms with Gasteiger partial charge in [0.25, 0.3) is 0 Å². The molecule has 130 valence electrons. The molecule has 4 amide bonds. The molecular formula is C17H20N6O2. The number of anilines is 2. The third-order valence-corrected chi connectivity index (χ3v) is 3.83. The molecule has 0 bridgehead atoms. The topological polar surface area (TPSA) is 108 Å². The summed E-state index contributed by atoms with van der Waals surface area (Å²) in [5.74, 6) is 0.387. The van der Waals surface area contributed by atoms with Crippen molar-refractivity contribution in [2.24, 2.45) is 5.92 Å². The Hall–Kier alpha value is -3.16. The van der Waals surface area contributed by atoms with Gasteiger partial charge in [0.2, 0.25) is 0 Å². The lowest BCUT2D eigenvalue weighted by Gasteiger charge is -2.19. The fourth-order valence-corrected chi connectivity index (χ4v) is 2.42. The molecule has 25 heavy (non-hydrogen) atoms. The molecule has 1 aliphatic carbocycles. The zero-order valence-corrected chi connectivity index (χ0v) is 13.6. The number of hydrogen-bond donors (Lipinski definition) is 4. The van der Waals surface area contributed by atoms with Crippen molar-refractivity contribution in [3.8, 4) is 0 Å². The van der Waals surface area contributed by atoms with Crippen LogP contribution in [0.1, 0.15) is 12.8 Å². The lowest BCUT2D eigenvalue weighted by Crippen LogP contribution is -2.47. The summed E-state index contributed by atoms with van der Waals surface area (Å²) < 4.78 is 0. The van der Waals surface area contributed by atoms with E-state index in [1.165, 1.54) is 0 Å². The smallest absolute Gasteiger partial charge is 0.319 e. The summed E-state index contributed by atoms with van der Waals surface area (Å²) in [5.41, 5.74) is 1.24. The molecule has 8 nitrogen and oxygen atoms in total. The van der Waals surface area contributed by atoms with Crippen LogP contribution in [0.4, 0.5) is 21.0 Å². The molecule has 1 saturated carbocycles. The second kappa shape index (κ2) is 8.09. The predicted octanol–water partition coefficient (Wildman–Crippen LogP) is 2.20. The van der Waals surface area contributed by atoms with E-state index in [1.807, 2.05) is 0 Å². The molecule has 2 aromatic heterocycles. The van der Waals surface area contributed by atoms with Crippen LogP contribution in [-0.4, -0.2) is 34.6 Å². The SMILES string of the molecule is O=C(NC[C@@H](NC(=O)Nc1cccnc1)C1CC1)Nc1cccnc1. The second-order valence-corrected chi connectivity index (χ2v) is 5.86. The Bertz CT molecular complexity index is 706. The van der Waals surface area contributed by atoms with Gasteiger partial charge in [-0.05, 0) is 43.0 Å². The van der Waals surface area contributed by atoms with Crippen LogP contribution in [0.25, 0.3) is 0 Å². The zero-order chi connectivity index (χ0) is 17.5. The van der Waals surface area contributed by atoms with E-state index in [-0.39, 0.29) is 18.1 Å². The summed E-state index contributed by atoms with van der Waals surface area (Å²) in [6, 6.07) is 6.26. The summed E-state index contributed by atoms with van der Waals surface area (Å²) in [6.45, 7) is 0.358. The maximum atomic E-state index is 12.1. The fourth-order valence-electron chi connectivity index (χ4n) is 2.42. The Morgan fingerprint density at radius 3 is 2.12 bits per heavy atom. The van der Waals surface area contributed by atoms with E-state index < -0.39 is 0 Å². The molecule has 3 rings (SSSR count). The first-order chi connectivity index (χ1) is 12.2. The van der Waals surface area contributed by atoms with Crippen molar-refractivity contribution >= 4 is 23.4 Å². The van der Waals surface area contributed by atoms with Crippen LogP contribution in [0.15, 0.2) is 49.1 Å². The minimum atomic E-state index is -0.326. The predicted molar refractivity (Wildman–Crippen MR) is 94.2 cm³/mol. The maximum Gasteiger partial charge on any atom is 0.319 e. The van der Waals surface area contributed by atoms with Crippen LogP contribution >= 0.6 is 0 Å². The largest absolute Gasteiger partial charge is 0.336 e. The minimum Gasteiger partial charge on any atom is -0.336 e. The number of carbonyl (C=O) groups excluding carboxylic acids is 2. The van der Waals surface area contributed by atoms with E-state index in [0.29, 0.717) is 23.8 Å². The molecule has 2 heterocycles. The Kier molecular flexibility index (Phi) is 5.40. The summed E-state index contributed by atoms with van der Waals surface area (Å²) in [4.78, 5) is 31.9. The van der Waals surface area contributed by atoms with Crippen LogP contribution in [0.2, 0.25) is 0 Å². The number of rotatable bonds is 6. The molecule has 0 unspecified atom stereocenters. The van der Waals surface area contributed by atoms with Gasteiger partial charge < -0.3 is 21.3 Å². The van der Waals surface area contributed by atoms with Gasteiger partial charge in [0.1, 0.15) is 0 Å². The first kappa shape index (κ1) is 16.7. The summed E-state index contributed by atoms with van der Waals surface area (Å²) in [5, 5.41) is 11.1. The van der Waals surface area contributed by atoms with Gasteiger partial charge in [0.05, 0.1) is 29.8 Å². The Balaban J connectivity index is 1.46. The number of nitrogens with one attached hydrogen (secondary N) is 4. The molecule has 0 saturated heterocycles. The highest BCUT2D eigenvalue weighted by atomic mass is 16.2. The first-order valence-electron chi connectivity index (χ1n) is 8.13. The molecule has 1 aliphatic rings. The fraction of sp³-hybridized carbons (Fsp3) is 0.294. The Morgan fingerprint density at radius 1 is 1.00 bits per heavy atom.